The Morgan fingerprint density at radius 1 is 1.21 bits per heavy atom. The monoisotopic (exact) mass is 361 g/mol. The molecule has 0 spiro atoms. The lowest BCUT2D eigenvalue weighted by atomic mass is 10.2. The van der Waals surface area contributed by atoms with Crippen LogP contribution in [-0.4, -0.2) is 24.2 Å². The second-order valence-electron chi connectivity index (χ2n) is 5.72. The van der Waals surface area contributed by atoms with Gasteiger partial charge in [0.15, 0.2) is 0 Å². The lowest BCUT2D eigenvalue weighted by Crippen LogP contribution is -2.31. The smallest absolute Gasteiger partial charge is 0.129 e. The first-order valence-corrected chi connectivity index (χ1v) is 8.87. The number of ether oxygens (including phenoxy) is 2. The summed E-state index contributed by atoms with van der Waals surface area (Å²) in [7, 11) is 0. The topological polar surface area (TPSA) is 30.5 Å². The maximum atomic E-state index is 6.18. The quantitative estimate of drug-likeness (QED) is 0.774. The highest BCUT2D eigenvalue weighted by Crippen LogP contribution is 2.22. The second-order valence-corrected chi connectivity index (χ2v) is 6.54. The molecule has 1 fully saturated rings. The Labute approximate surface area is 152 Å². The van der Waals surface area contributed by atoms with E-state index in [-0.39, 0.29) is 6.10 Å². The average Bonchev–Trinajstić information content (AvgIpc) is 3.13. The molecule has 0 bridgehead atoms. The van der Waals surface area contributed by atoms with E-state index in [9.17, 15) is 0 Å². The minimum absolute atomic E-state index is 0.249. The molecule has 2 aromatic carbocycles. The number of benzene rings is 2. The molecule has 2 aromatic rings. The van der Waals surface area contributed by atoms with Crippen molar-refractivity contribution in [3.8, 4) is 5.75 Å². The van der Waals surface area contributed by atoms with E-state index in [1.54, 1.807) is 0 Å². The van der Waals surface area contributed by atoms with Crippen molar-refractivity contribution in [2.45, 2.75) is 25.6 Å². The summed E-state index contributed by atoms with van der Waals surface area (Å²) in [6.45, 7) is 1.99. The van der Waals surface area contributed by atoms with E-state index in [4.69, 9.17) is 33.3 Å². The lowest BCUT2D eigenvalue weighted by molar-refractivity contribution is 0.114. The molecule has 0 aromatic heterocycles. The molecule has 5 heteroatoms. The zero-order valence-corrected chi connectivity index (χ0v) is 14.9. The van der Waals surface area contributed by atoms with Gasteiger partial charge in [-0.3, -0.25) is 0 Å². The van der Waals surface area contributed by atoms with E-state index < -0.39 is 0 Å². The van der Waals surface area contributed by atoms with Crippen LogP contribution in [0.25, 0.3) is 0 Å². The normalized spacial score (nSPS) is 16.8. The molecule has 0 saturated carbocycles. The Morgan fingerprint density at radius 2 is 2.00 bits per heavy atom. The van der Waals surface area contributed by atoms with Gasteiger partial charge in [0.2, 0.25) is 0 Å². The fourth-order valence-corrected chi connectivity index (χ4v) is 3.10. The summed E-state index contributed by atoms with van der Waals surface area (Å²) in [5.74, 6) is 0.752. The summed E-state index contributed by atoms with van der Waals surface area (Å²) in [5, 5.41) is 3.99. The first kappa shape index (κ1) is 17.2. The summed E-state index contributed by atoms with van der Waals surface area (Å²) in [5.41, 5.74) is 1.84. The van der Waals surface area contributed by atoms with Gasteiger partial charge in [-0.05, 0) is 31.0 Å². The molecule has 0 unspecified atom stereocenters. The largest absolute Gasteiger partial charge is 0.488 e. The van der Waals surface area contributed by atoms with Crippen LogP contribution in [0.2, 0.25) is 5.02 Å². The first-order chi connectivity index (χ1) is 11.7. The van der Waals surface area contributed by atoms with Crippen LogP contribution in [0.1, 0.15) is 24.0 Å². The Hall–Kier alpha value is -1.62. The summed E-state index contributed by atoms with van der Waals surface area (Å²) in [4.78, 5) is 0.681. The van der Waals surface area contributed by atoms with Crippen molar-refractivity contribution in [1.82, 2.24) is 5.32 Å². The number of halogens is 1. The number of rotatable bonds is 6. The highest BCUT2D eigenvalue weighted by molar-refractivity contribution is 7.80. The van der Waals surface area contributed by atoms with Crippen molar-refractivity contribution in [2.75, 3.05) is 13.2 Å². The number of hydrogen-bond donors (Lipinski definition) is 1. The molecule has 1 aliphatic rings. The Kier molecular flexibility index (Phi) is 6.07. The molecular weight excluding hydrogens is 342 g/mol. The summed E-state index contributed by atoms with van der Waals surface area (Å²) in [6.07, 6.45) is 2.45. The summed E-state index contributed by atoms with van der Waals surface area (Å²) >= 11 is 11.7. The fraction of sp³-hybridized carbons (Fsp3) is 0.316. The van der Waals surface area contributed by atoms with Crippen LogP contribution in [0.4, 0.5) is 0 Å². The Morgan fingerprint density at radius 3 is 2.79 bits per heavy atom. The Balaban J connectivity index is 1.63. The minimum Gasteiger partial charge on any atom is -0.488 e. The van der Waals surface area contributed by atoms with E-state index in [1.165, 1.54) is 0 Å². The molecule has 1 aliphatic heterocycles. The maximum absolute atomic E-state index is 6.18. The fourth-order valence-electron chi connectivity index (χ4n) is 2.66. The van der Waals surface area contributed by atoms with Crippen LogP contribution in [0.5, 0.6) is 5.75 Å². The predicted octanol–water partition coefficient (Wildman–Crippen LogP) is 4.36. The molecule has 1 heterocycles. The van der Waals surface area contributed by atoms with Crippen molar-refractivity contribution in [2.24, 2.45) is 0 Å². The summed E-state index contributed by atoms with van der Waals surface area (Å²) in [6, 6.07) is 15.5. The van der Waals surface area contributed by atoms with E-state index in [2.05, 4.69) is 5.32 Å². The van der Waals surface area contributed by atoms with E-state index in [0.29, 0.717) is 16.6 Å². The lowest BCUT2D eigenvalue weighted by Gasteiger charge is -2.16. The van der Waals surface area contributed by atoms with Crippen LogP contribution < -0.4 is 10.1 Å². The van der Waals surface area contributed by atoms with Gasteiger partial charge in [-0.25, -0.2) is 0 Å². The second kappa shape index (κ2) is 8.47. The van der Waals surface area contributed by atoms with Crippen LogP contribution >= 0.6 is 23.8 Å². The molecule has 1 atom stereocenters. The zero-order valence-electron chi connectivity index (χ0n) is 13.3. The predicted molar refractivity (Wildman–Crippen MR) is 101 cm³/mol. The van der Waals surface area contributed by atoms with Gasteiger partial charge < -0.3 is 14.8 Å². The summed E-state index contributed by atoms with van der Waals surface area (Å²) < 4.78 is 11.6. The molecule has 24 heavy (non-hydrogen) atoms. The molecule has 1 saturated heterocycles. The van der Waals surface area contributed by atoms with Crippen molar-refractivity contribution in [3.63, 3.8) is 0 Å². The van der Waals surface area contributed by atoms with E-state index in [1.807, 2.05) is 48.5 Å². The van der Waals surface area contributed by atoms with Crippen molar-refractivity contribution >= 4 is 28.8 Å². The number of thiocarbonyl (C=S) groups is 1. The molecule has 0 aliphatic carbocycles. The van der Waals surface area contributed by atoms with Crippen LogP contribution in [-0.2, 0) is 11.3 Å². The van der Waals surface area contributed by atoms with Crippen molar-refractivity contribution in [1.29, 1.82) is 0 Å². The van der Waals surface area contributed by atoms with Crippen LogP contribution in [0, 0.1) is 0 Å². The number of nitrogens with one attached hydrogen (secondary N) is 1. The highest BCUT2D eigenvalue weighted by Gasteiger charge is 2.16. The van der Waals surface area contributed by atoms with E-state index in [0.717, 1.165) is 42.9 Å². The third-order valence-electron chi connectivity index (χ3n) is 3.99. The van der Waals surface area contributed by atoms with Gasteiger partial charge in [0.1, 0.15) is 17.3 Å². The van der Waals surface area contributed by atoms with Gasteiger partial charge >= 0.3 is 0 Å². The van der Waals surface area contributed by atoms with Gasteiger partial charge in [0, 0.05) is 23.7 Å². The molecule has 1 N–H and O–H groups in total. The molecule has 3 rings (SSSR count). The molecule has 0 amide bonds. The third-order valence-corrected chi connectivity index (χ3v) is 4.72. The van der Waals surface area contributed by atoms with E-state index >= 15 is 0 Å². The average molecular weight is 362 g/mol. The van der Waals surface area contributed by atoms with Crippen molar-refractivity contribution < 1.29 is 9.47 Å². The number of hydrogen-bond acceptors (Lipinski definition) is 3. The highest BCUT2D eigenvalue weighted by atomic mass is 35.5. The van der Waals surface area contributed by atoms with Gasteiger partial charge in [0.05, 0.1) is 11.7 Å². The zero-order chi connectivity index (χ0) is 16.8. The van der Waals surface area contributed by atoms with Gasteiger partial charge in [-0.15, -0.1) is 0 Å². The SMILES string of the molecule is S=C(NC[C@H]1CCCO1)c1ccccc1OCc1ccccc1Cl. The van der Waals surface area contributed by atoms with Crippen LogP contribution in [0.3, 0.4) is 0 Å². The third kappa shape index (κ3) is 4.47. The maximum Gasteiger partial charge on any atom is 0.129 e. The van der Waals surface area contributed by atoms with Gasteiger partial charge in [0.25, 0.3) is 0 Å². The molecular formula is C19H20ClNO2S. The van der Waals surface area contributed by atoms with Crippen molar-refractivity contribution in [3.05, 3.63) is 64.7 Å². The van der Waals surface area contributed by atoms with Gasteiger partial charge in [-0.2, -0.15) is 0 Å². The Bertz CT molecular complexity index is 701. The minimum atomic E-state index is 0.249. The number of para-hydroxylation sites is 1. The standard InChI is InChI=1S/C19H20ClNO2S/c20-17-9-3-1-6-14(17)13-23-18-10-4-2-8-16(18)19(24)21-12-15-7-5-11-22-15/h1-4,6,8-10,15H,5,7,11-13H2,(H,21,24)/t15-/m1/s1. The molecule has 3 nitrogen and oxygen atoms in total. The van der Waals surface area contributed by atoms with Crippen LogP contribution in [0.15, 0.2) is 48.5 Å². The molecule has 0 radical (unpaired) electrons. The molecule has 126 valence electrons. The first-order valence-electron chi connectivity index (χ1n) is 8.09. The van der Waals surface area contributed by atoms with Gasteiger partial charge in [-0.1, -0.05) is 54.2 Å².